The van der Waals surface area contributed by atoms with E-state index in [1.807, 2.05) is 24.5 Å². The van der Waals surface area contributed by atoms with E-state index in [-0.39, 0.29) is 0 Å². The minimum atomic E-state index is 1.12. The molecule has 2 heterocycles. The van der Waals surface area contributed by atoms with Gasteiger partial charge in [0.15, 0.2) is 0 Å². The molecule has 0 aliphatic rings. The van der Waals surface area contributed by atoms with Crippen LogP contribution < -0.4 is 0 Å². The molecule has 0 atom stereocenters. The molecule has 2 aromatic heterocycles. The number of nitrogens with one attached hydrogen (secondary N) is 1. The number of aromatic amines is 1. The average Bonchev–Trinajstić information content (AvgIpc) is 2.90. The van der Waals surface area contributed by atoms with Crippen LogP contribution in [0.15, 0.2) is 67.0 Å². The number of fused-ring (bicyclic) bond motifs is 2. The van der Waals surface area contributed by atoms with E-state index in [1.165, 1.54) is 16.2 Å². The van der Waals surface area contributed by atoms with Crippen LogP contribution in [0.3, 0.4) is 0 Å². The van der Waals surface area contributed by atoms with Gasteiger partial charge in [-0.3, -0.25) is 4.98 Å². The summed E-state index contributed by atoms with van der Waals surface area (Å²) < 4.78 is 0. The van der Waals surface area contributed by atoms with Crippen molar-refractivity contribution in [3.8, 4) is 11.3 Å². The molecule has 0 aliphatic carbocycles. The fourth-order valence-corrected chi connectivity index (χ4v) is 2.55. The van der Waals surface area contributed by atoms with Crippen molar-refractivity contribution in [2.45, 2.75) is 0 Å². The number of hydrogen-bond acceptors (Lipinski definition) is 1. The Balaban J connectivity index is 2.03. The molecule has 2 aromatic carbocycles. The summed E-state index contributed by atoms with van der Waals surface area (Å²) in [6.07, 6.45) is 3.83. The summed E-state index contributed by atoms with van der Waals surface area (Å²) in [5, 5.41) is 3.62. The van der Waals surface area contributed by atoms with Gasteiger partial charge in [-0.25, -0.2) is 0 Å². The molecule has 0 spiro atoms. The average molecular weight is 244 g/mol. The van der Waals surface area contributed by atoms with E-state index in [1.54, 1.807) is 0 Å². The van der Waals surface area contributed by atoms with Crippen molar-refractivity contribution in [2.24, 2.45) is 0 Å². The highest BCUT2D eigenvalue weighted by Gasteiger charge is 2.06. The van der Waals surface area contributed by atoms with Crippen LogP contribution in [0.1, 0.15) is 0 Å². The van der Waals surface area contributed by atoms with Gasteiger partial charge in [0.25, 0.3) is 0 Å². The van der Waals surface area contributed by atoms with Crippen LogP contribution in [-0.2, 0) is 0 Å². The molecule has 0 unspecified atom stereocenters. The van der Waals surface area contributed by atoms with Crippen LogP contribution in [0.5, 0.6) is 0 Å². The summed E-state index contributed by atoms with van der Waals surface area (Å²) in [5.41, 5.74) is 3.42. The highest BCUT2D eigenvalue weighted by molar-refractivity contribution is 5.97. The van der Waals surface area contributed by atoms with Crippen molar-refractivity contribution in [3.05, 3.63) is 67.0 Å². The fraction of sp³-hybridized carbons (Fsp3) is 0. The van der Waals surface area contributed by atoms with Crippen LogP contribution in [0, 0.1) is 0 Å². The smallest absolute Gasteiger partial charge is 0.0486 e. The first-order chi connectivity index (χ1) is 9.42. The van der Waals surface area contributed by atoms with E-state index in [2.05, 4.69) is 52.4 Å². The van der Waals surface area contributed by atoms with E-state index in [0.29, 0.717) is 0 Å². The molecule has 4 aromatic rings. The topological polar surface area (TPSA) is 28.7 Å². The second kappa shape index (κ2) is 3.95. The molecule has 0 bridgehead atoms. The molecule has 4 rings (SSSR count). The monoisotopic (exact) mass is 244 g/mol. The van der Waals surface area contributed by atoms with Gasteiger partial charge in [0, 0.05) is 39.9 Å². The summed E-state index contributed by atoms with van der Waals surface area (Å²) in [7, 11) is 0. The second-order valence-electron chi connectivity index (χ2n) is 4.68. The van der Waals surface area contributed by atoms with Crippen molar-refractivity contribution < 1.29 is 0 Å². The Morgan fingerprint density at radius 1 is 0.789 bits per heavy atom. The molecule has 0 fully saturated rings. The lowest BCUT2D eigenvalue weighted by molar-refractivity contribution is 1.34. The third kappa shape index (κ3) is 1.61. The third-order valence-corrected chi connectivity index (χ3v) is 3.49. The number of rotatable bonds is 1. The van der Waals surface area contributed by atoms with Crippen LogP contribution in [-0.4, -0.2) is 9.97 Å². The summed E-state index contributed by atoms with van der Waals surface area (Å²) in [5.74, 6) is 0. The minimum absolute atomic E-state index is 1.12. The lowest BCUT2D eigenvalue weighted by atomic mass is 10.1. The highest BCUT2D eigenvalue weighted by atomic mass is 14.7. The molecule has 0 saturated carbocycles. The zero-order valence-corrected chi connectivity index (χ0v) is 10.3. The maximum absolute atomic E-state index is 4.34. The van der Waals surface area contributed by atoms with Gasteiger partial charge >= 0.3 is 0 Å². The van der Waals surface area contributed by atoms with Crippen molar-refractivity contribution in [1.29, 1.82) is 0 Å². The summed E-state index contributed by atoms with van der Waals surface area (Å²) in [4.78, 5) is 7.80. The number of H-pyrrole nitrogens is 1. The third-order valence-electron chi connectivity index (χ3n) is 3.49. The molecule has 2 heteroatoms. The predicted molar refractivity (Wildman–Crippen MR) is 79.0 cm³/mol. The molecule has 2 nitrogen and oxygen atoms in total. The van der Waals surface area contributed by atoms with Crippen LogP contribution in [0.4, 0.5) is 0 Å². The van der Waals surface area contributed by atoms with Gasteiger partial charge in [-0.1, -0.05) is 42.5 Å². The predicted octanol–water partition coefficient (Wildman–Crippen LogP) is 4.38. The molecule has 0 amide bonds. The molecule has 1 N–H and O–H groups in total. The second-order valence-corrected chi connectivity index (χ2v) is 4.68. The molecular weight excluding hydrogens is 232 g/mol. The van der Waals surface area contributed by atoms with Gasteiger partial charge < -0.3 is 4.98 Å². The molecule has 0 aliphatic heterocycles. The van der Waals surface area contributed by atoms with Gasteiger partial charge in [0.05, 0.1) is 0 Å². The van der Waals surface area contributed by atoms with Crippen LogP contribution >= 0.6 is 0 Å². The molecule has 90 valence electrons. The van der Waals surface area contributed by atoms with Crippen LogP contribution in [0.25, 0.3) is 32.9 Å². The van der Waals surface area contributed by atoms with Crippen molar-refractivity contribution in [2.75, 3.05) is 0 Å². The Morgan fingerprint density at radius 2 is 1.58 bits per heavy atom. The Kier molecular flexibility index (Phi) is 2.15. The van der Waals surface area contributed by atoms with Crippen LogP contribution in [0.2, 0.25) is 0 Å². The number of aromatic nitrogens is 2. The van der Waals surface area contributed by atoms with Crippen molar-refractivity contribution in [3.63, 3.8) is 0 Å². The Labute approximate surface area is 110 Å². The number of hydrogen-bond donors (Lipinski definition) is 1. The first-order valence-electron chi connectivity index (χ1n) is 6.33. The lowest BCUT2D eigenvalue weighted by Gasteiger charge is -2.03. The SMILES string of the molecule is c1ccc2[nH]c(-c3cncc4ccccc34)cc2c1. The molecular formula is C17H12N2. The van der Waals surface area contributed by atoms with E-state index < -0.39 is 0 Å². The summed E-state index contributed by atoms with van der Waals surface area (Å²) >= 11 is 0. The standard InChI is InChI=1S/C17H12N2/c1-3-7-14-13(6-1)10-18-11-15(14)17-9-12-5-2-4-8-16(12)19-17/h1-11,19H. The molecule has 0 saturated heterocycles. The Hall–Kier alpha value is -2.61. The van der Waals surface area contributed by atoms with E-state index in [4.69, 9.17) is 0 Å². The zero-order chi connectivity index (χ0) is 12.7. The van der Waals surface area contributed by atoms with Gasteiger partial charge in [-0.05, 0) is 17.5 Å². The number of nitrogens with zero attached hydrogens (tertiary/aromatic N) is 1. The summed E-state index contributed by atoms with van der Waals surface area (Å²) in [6, 6.07) is 18.8. The Morgan fingerprint density at radius 3 is 2.47 bits per heavy atom. The maximum atomic E-state index is 4.34. The zero-order valence-electron chi connectivity index (χ0n) is 10.3. The van der Waals surface area contributed by atoms with Gasteiger partial charge in [-0.15, -0.1) is 0 Å². The normalized spacial score (nSPS) is 11.2. The van der Waals surface area contributed by atoms with Crippen molar-refractivity contribution >= 4 is 21.7 Å². The van der Waals surface area contributed by atoms with Gasteiger partial charge in [0.1, 0.15) is 0 Å². The lowest BCUT2D eigenvalue weighted by Crippen LogP contribution is -1.83. The largest absolute Gasteiger partial charge is 0.354 e. The fourth-order valence-electron chi connectivity index (χ4n) is 2.55. The summed E-state index contributed by atoms with van der Waals surface area (Å²) in [6.45, 7) is 0. The Bertz CT molecular complexity index is 836. The maximum Gasteiger partial charge on any atom is 0.0486 e. The van der Waals surface area contributed by atoms with E-state index >= 15 is 0 Å². The first kappa shape index (κ1) is 10.3. The van der Waals surface area contributed by atoms with Crippen molar-refractivity contribution in [1.82, 2.24) is 9.97 Å². The number of para-hydroxylation sites is 1. The molecule has 0 radical (unpaired) electrons. The molecule has 19 heavy (non-hydrogen) atoms. The van der Waals surface area contributed by atoms with Gasteiger partial charge in [-0.2, -0.15) is 0 Å². The van der Waals surface area contributed by atoms with Gasteiger partial charge in [0.2, 0.25) is 0 Å². The highest BCUT2D eigenvalue weighted by Crippen LogP contribution is 2.29. The minimum Gasteiger partial charge on any atom is -0.354 e. The van der Waals surface area contributed by atoms with E-state index in [0.717, 1.165) is 16.8 Å². The quantitative estimate of drug-likeness (QED) is 0.528. The van der Waals surface area contributed by atoms with E-state index in [9.17, 15) is 0 Å². The number of pyridine rings is 1. The number of benzene rings is 2. The first-order valence-corrected chi connectivity index (χ1v) is 6.33.